The van der Waals surface area contributed by atoms with Crippen LogP contribution in [0.4, 0.5) is 0 Å². The maximum absolute atomic E-state index is 11.6. The monoisotopic (exact) mass is 215 g/mol. The predicted molar refractivity (Wildman–Crippen MR) is 63.6 cm³/mol. The predicted octanol–water partition coefficient (Wildman–Crippen LogP) is 0.426. The molecule has 15 heavy (non-hydrogen) atoms. The summed E-state index contributed by atoms with van der Waals surface area (Å²) < 4.78 is 0. The van der Waals surface area contributed by atoms with E-state index < -0.39 is 0 Å². The first-order chi connectivity index (χ1) is 6.84. The van der Waals surface area contributed by atoms with E-state index in [-0.39, 0.29) is 11.9 Å². The first-order valence-corrected chi connectivity index (χ1v) is 5.54. The lowest BCUT2D eigenvalue weighted by Gasteiger charge is -2.21. The number of nitrogens with two attached hydrogens (primary N) is 1. The summed E-state index contributed by atoms with van der Waals surface area (Å²) >= 11 is 0. The van der Waals surface area contributed by atoms with E-state index in [4.69, 9.17) is 5.73 Å². The van der Waals surface area contributed by atoms with Crippen LogP contribution in [0.5, 0.6) is 0 Å². The maximum atomic E-state index is 11.6. The normalized spacial score (nSPS) is 15.5. The molecule has 90 valence electrons. The number of rotatable bonds is 6. The van der Waals surface area contributed by atoms with E-state index in [1.54, 1.807) is 0 Å². The van der Waals surface area contributed by atoms with Crippen LogP contribution in [0.1, 0.15) is 27.2 Å². The minimum absolute atomic E-state index is 0.0441. The number of carbonyl (C=O) groups excluding carboxylic acids is 1. The topological polar surface area (TPSA) is 58.4 Å². The summed E-state index contributed by atoms with van der Waals surface area (Å²) in [5, 5.41) is 2.86. The summed E-state index contributed by atoms with van der Waals surface area (Å²) in [4.78, 5) is 13.6. The highest BCUT2D eigenvalue weighted by molar-refractivity contribution is 5.81. The van der Waals surface area contributed by atoms with Crippen molar-refractivity contribution in [3.05, 3.63) is 0 Å². The second-order valence-corrected chi connectivity index (χ2v) is 4.79. The Morgan fingerprint density at radius 3 is 2.27 bits per heavy atom. The summed E-state index contributed by atoms with van der Waals surface area (Å²) in [7, 11) is 3.98. The van der Waals surface area contributed by atoms with E-state index in [9.17, 15) is 4.79 Å². The van der Waals surface area contributed by atoms with Crippen LogP contribution in [0.3, 0.4) is 0 Å². The molecular weight excluding hydrogens is 190 g/mol. The van der Waals surface area contributed by atoms with E-state index in [1.165, 1.54) is 0 Å². The van der Waals surface area contributed by atoms with Crippen LogP contribution in [0.25, 0.3) is 0 Å². The molecule has 0 fully saturated rings. The van der Waals surface area contributed by atoms with Gasteiger partial charge in [0.15, 0.2) is 0 Å². The molecule has 0 aromatic heterocycles. The molecule has 0 saturated carbocycles. The molecule has 0 aromatic rings. The van der Waals surface area contributed by atoms with Crippen LogP contribution >= 0.6 is 0 Å². The van der Waals surface area contributed by atoms with Gasteiger partial charge in [-0.15, -0.1) is 0 Å². The molecule has 0 heterocycles. The number of likely N-dealkylation sites (N-methyl/N-ethyl adjacent to an activating group) is 1. The molecule has 0 saturated heterocycles. The Morgan fingerprint density at radius 2 is 1.87 bits per heavy atom. The van der Waals surface area contributed by atoms with Gasteiger partial charge in [-0.05, 0) is 33.4 Å². The van der Waals surface area contributed by atoms with Gasteiger partial charge in [-0.3, -0.25) is 4.79 Å². The Bertz CT molecular complexity index is 192. The summed E-state index contributed by atoms with van der Waals surface area (Å²) in [6.07, 6.45) is 0.738. The lowest BCUT2D eigenvalue weighted by molar-refractivity contribution is -0.122. The lowest BCUT2D eigenvalue weighted by atomic mass is 10.0. The first-order valence-electron chi connectivity index (χ1n) is 5.54. The van der Waals surface area contributed by atoms with Crippen molar-refractivity contribution >= 4 is 5.91 Å². The zero-order valence-electron chi connectivity index (χ0n) is 10.6. The Hall–Kier alpha value is -0.610. The van der Waals surface area contributed by atoms with Gasteiger partial charge in [-0.25, -0.2) is 0 Å². The summed E-state index contributed by atoms with van der Waals surface area (Å²) in [5.41, 5.74) is 5.75. The van der Waals surface area contributed by atoms with Crippen molar-refractivity contribution in [3.8, 4) is 0 Å². The Labute approximate surface area is 93.2 Å². The SMILES string of the molecule is CC(C)C[C@H](N)C(=O)NCC(C)N(C)C. The van der Waals surface area contributed by atoms with E-state index in [0.29, 0.717) is 18.5 Å². The molecule has 0 rings (SSSR count). The zero-order valence-corrected chi connectivity index (χ0v) is 10.6. The van der Waals surface area contributed by atoms with E-state index >= 15 is 0 Å². The molecule has 0 aromatic carbocycles. The van der Waals surface area contributed by atoms with Gasteiger partial charge < -0.3 is 16.0 Å². The average molecular weight is 215 g/mol. The second-order valence-electron chi connectivity index (χ2n) is 4.79. The van der Waals surface area contributed by atoms with Gasteiger partial charge in [0.1, 0.15) is 0 Å². The molecule has 4 heteroatoms. The van der Waals surface area contributed by atoms with Crippen molar-refractivity contribution in [1.29, 1.82) is 0 Å². The van der Waals surface area contributed by atoms with Gasteiger partial charge in [0.05, 0.1) is 6.04 Å². The number of nitrogens with one attached hydrogen (secondary N) is 1. The van der Waals surface area contributed by atoms with Crippen molar-refractivity contribution < 1.29 is 4.79 Å². The van der Waals surface area contributed by atoms with Crippen LogP contribution in [-0.4, -0.2) is 43.5 Å². The lowest BCUT2D eigenvalue weighted by Crippen LogP contribution is -2.45. The molecule has 3 N–H and O–H groups in total. The van der Waals surface area contributed by atoms with Crippen LogP contribution < -0.4 is 11.1 Å². The fourth-order valence-electron chi connectivity index (χ4n) is 1.18. The number of hydrogen-bond donors (Lipinski definition) is 2. The number of hydrogen-bond acceptors (Lipinski definition) is 3. The second kappa shape index (κ2) is 6.80. The van der Waals surface area contributed by atoms with Gasteiger partial charge in [0.25, 0.3) is 0 Å². The van der Waals surface area contributed by atoms with Crippen LogP contribution in [-0.2, 0) is 4.79 Å². The van der Waals surface area contributed by atoms with Crippen LogP contribution in [0, 0.1) is 5.92 Å². The zero-order chi connectivity index (χ0) is 12.0. The fourth-order valence-corrected chi connectivity index (χ4v) is 1.18. The van der Waals surface area contributed by atoms with Gasteiger partial charge in [-0.2, -0.15) is 0 Å². The van der Waals surface area contributed by atoms with Gasteiger partial charge >= 0.3 is 0 Å². The Morgan fingerprint density at radius 1 is 1.33 bits per heavy atom. The smallest absolute Gasteiger partial charge is 0.236 e. The maximum Gasteiger partial charge on any atom is 0.236 e. The van der Waals surface area contributed by atoms with E-state index in [0.717, 1.165) is 6.42 Å². The van der Waals surface area contributed by atoms with Crippen molar-refractivity contribution in [2.45, 2.75) is 39.3 Å². The Balaban J connectivity index is 3.83. The highest BCUT2D eigenvalue weighted by Crippen LogP contribution is 2.02. The highest BCUT2D eigenvalue weighted by Gasteiger charge is 2.15. The molecule has 0 bridgehead atoms. The largest absolute Gasteiger partial charge is 0.353 e. The van der Waals surface area contributed by atoms with Gasteiger partial charge in [-0.1, -0.05) is 13.8 Å². The Kier molecular flexibility index (Phi) is 6.52. The quantitative estimate of drug-likeness (QED) is 0.675. The minimum atomic E-state index is -0.376. The molecule has 0 radical (unpaired) electrons. The molecule has 0 aliphatic heterocycles. The molecule has 1 amide bonds. The average Bonchev–Trinajstić information content (AvgIpc) is 2.12. The van der Waals surface area contributed by atoms with Crippen molar-refractivity contribution in [1.82, 2.24) is 10.2 Å². The third-order valence-electron chi connectivity index (χ3n) is 2.52. The summed E-state index contributed by atoms with van der Waals surface area (Å²) in [6, 6.07) is -0.0421. The highest BCUT2D eigenvalue weighted by atomic mass is 16.2. The summed E-state index contributed by atoms with van der Waals surface area (Å²) in [6.45, 7) is 6.84. The van der Waals surface area contributed by atoms with E-state index in [1.807, 2.05) is 14.1 Å². The molecule has 4 nitrogen and oxygen atoms in total. The third-order valence-corrected chi connectivity index (χ3v) is 2.52. The van der Waals surface area contributed by atoms with Crippen LogP contribution in [0.2, 0.25) is 0 Å². The summed E-state index contributed by atoms with van der Waals surface area (Å²) in [5.74, 6) is 0.412. The standard InChI is InChI=1S/C11H25N3O/c1-8(2)6-10(12)11(15)13-7-9(3)14(4)5/h8-10H,6-7,12H2,1-5H3,(H,13,15)/t9?,10-/m0/s1. The van der Waals surface area contributed by atoms with Crippen molar-refractivity contribution in [2.75, 3.05) is 20.6 Å². The number of nitrogens with zero attached hydrogens (tertiary/aromatic N) is 1. The molecular formula is C11H25N3O. The van der Waals surface area contributed by atoms with Crippen molar-refractivity contribution in [3.63, 3.8) is 0 Å². The number of carbonyl (C=O) groups is 1. The third kappa shape index (κ3) is 6.47. The molecule has 2 atom stereocenters. The minimum Gasteiger partial charge on any atom is -0.353 e. The number of amides is 1. The van der Waals surface area contributed by atoms with Gasteiger partial charge in [0.2, 0.25) is 5.91 Å². The van der Waals surface area contributed by atoms with Crippen LogP contribution in [0.15, 0.2) is 0 Å². The molecule has 0 aliphatic carbocycles. The molecule has 0 aliphatic rings. The fraction of sp³-hybridized carbons (Fsp3) is 0.909. The molecule has 0 spiro atoms. The van der Waals surface area contributed by atoms with Gasteiger partial charge in [0, 0.05) is 12.6 Å². The van der Waals surface area contributed by atoms with Crippen molar-refractivity contribution in [2.24, 2.45) is 11.7 Å². The first kappa shape index (κ1) is 14.4. The molecule has 1 unspecified atom stereocenters. The van der Waals surface area contributed by atoms with E-state index in [2.05, 4.69) is 31.0 Å².